The Kier molecular flexibility index (Phi) is 2.41. The SMILES string of the molecule is CC(=O)c1cccc(N2C(=O)[C@@H]3[C@@H]4C=C[C@H]([C@@H]5C[C@H]45)[C@H]3C2=O)c1. The molecule has 0 unspecified atom stereocenters. The third kappa shape index (κ3) is 1.58. The molecular weight excluding hydrogens is 290 g/mol. The number of hydrogen-bond donors (Lipinski definition) is 0. The molecular formula is C19H17NO3. The van der Waals surface area contributed by atoms with E-state index in [2.05, 4.69) is 12.2 Å². The fourth-order valence-corrected chi connectivity index (χ4v) is 5.08. The molecule has 23 heavy (non-hydrogen) atoms. The summed E-state index contributed by atoms with van der Waals surface area (Å²) in [5.74, 6) is 1.06. The van der Waals surface area contributed by atoms with Gasteiger partial charge in [0.05, 0.1) is 17.5 Å². The van der Waals surface area contributed by atoms with Gasteiger partial charge in [-0.2, -0.15) is 0 Å². The van der Waals surface area contributed by atoms with E-state index >= 15 is 0 Å². The number of hydrogen-bond acceptors (Lipinski definition) is 3. The molecule has 1 aromatic carbocycles. The van der Waals surface area contributed by atoms with Gasteiger partial charge in [0, 0.05) is 5.56 Å². The number of carbonyl (C=O) groups is 3. The minimum Gasteiger partial charge on any atom is -0.295 e. The van der Waals surface area contributed by atoms with E-state index in [-0.39, 0.29) is 41.3 Å². The van der Waals surface area contributed by atoms with Crippen LogP contribution < -0.4 is 4.90 Å². The van der Waals surface area contributed by atoms with Crippen LogP contribution in [0.15, 0.2) is 36.4 Å². The lowest BCUT2D eigenvalue weighted by Crippen LogP contribution is -2.40. The van der Waals surface area contributed by atoms with Gasteiger partial charge in [-0.25, -0.2) is 4.90 Å². The average Bonchev–Trinajstić information content (AvgIpc) is 3.32. The number of imide groups is 1. The van der Waals surface area contributed by atoms with Gasteiger partial charge in [0.15, 0.2) is 5.78 Å². The Morgan fingerprint density at radius 2 is 1.65 bits per heavy atom. The lowest BCUT2D eigenvalue weighted by molar-refractivity contribution is -0.124. The van der Waals surface area contributed by atoms with Crippen LogP contribution in [0.4, 0.5) is 5.69 Å². The first-order chi connectivity index (χ1) is 11.1. The van der Waals surface area contributed by atoms with Gasteiger partial charge in [-0.3, -0.25) is 14.4 Å². The van der Waals surface area contributed by atoms with Crippen molar-refractivity contribution in [1.82, 2.24) is 0 Å². The summed E-state index contributed by atoms with van der Waals surface area (Å²) < 4.78 is 0. The molecule has 6 atom stereocenters. The molecule has 2 amide bonds. The van der Waals surface area contributed by atoms with Crippen LogP contribution in [0, 0.1) is 35.5 Å². The van der Waals surface area contributed by atoms with Crippen molar-refractivity contribution in [3.8, 4) is 0 Å². The molecule has 1 saturated heterocycles. The molecule has 0 N–H and O–H groups in total. The Bertz CT molecular complexity index is 760. The summed E-state index contributed by atoms with van der Waals surface area (Å²) in [6.07, 6.45) is 5.50. The third-order valence-electron chi connectivity index (χ3n) is 6.17. The molecule has 1 aliphatic heterocycles. The summed E-state index contributed by atoms with van der Waals surface area (Å²) in [6, 6.07) is 6.85. The number of Topliss-reactive ketones (excluding diaryl/α,β-unsaturated/α-hetero) is 1. The van der Waals surface area contributed by atoms with E-state index in [1.165, 1.54) is 11.8 Å². The first-order valence-electron chi connectivity index (χ1n) is 8.25. The van der Waals surface area contributed by atoms with Gasteiger partial charge in [-0.1, -0.05) is 24.3 Å². The van der Waals surface area contributed by atoms with Gasteiger partial charge in [-0.05, 0) is 49.1 Å². The van der Waals surface area contributed by atoms with Crippen LogP contribution in [0.5, 0.6) is 0 Å². The summed E-state index contributed by atoms with van der Waals surface area (Å²) in [5.41, 5.74) is 1.07. The number of nitrogens with zero attached hydrogens (tertiary/aromatic N) is 1. The lowest BCUT2D eigenvalue weighted by Gasteiger charge is -2.37. The molecule has 1 aromatic rings. The Labute approximate surface area is 134 Å². The van der Waals surface area contributed by atoms with Crippen molar-refractivity contribution in [2.75, 3.05) is 4.90 Å². The maximum absolute atomic E-state index is 13.0. The van der Waals surface area contributed by atoms with Gasteiger partial charge < -0.3 is 0 Å². The fourth-order valence-electron chi connectivity index (χ4n) is 5.08. The Morgan fingerprint density at radius 3 is 2.22 bits per heavy atom. The van der Waals surface area contributed by atoms with E-state index in [1.54, 1.807) is 24.3 Å². The van der Waals surface area contributed by atoms with Gasteiger partial charge >= 0.3 is 0 Å². The van der Waals surface area contributed by atoms with Crippen molar-refractivity contribution in [3.05, 3.63) is 42.0 Å². The van der Waals surface area contributed by atoms with Gasteiger partial charge in [-0.15, -0.1) is 0 Å². The lowest BCUT2D eigenvalue weighted by atomic mass is 9.63. The minimum absolute atomic E-state index is 0.0636. The first-order valence-corrected chi connectivity index (χ1v) is 8.25. The van der Waals surface area contributed by atoms with Crippen LogP contribution in [-0.4, -0.2) is 17.6 Å². The molecule has 4 nitrogen and oxygen atoms in total. The highest BCUT2D eigenvalue weighted by molar-refractivity contribution is 6.23. The number of ketones is 1. The summed E-state index contributed by atoms with van der Waals surface area (Å²) in [5, 5.41) is 0. The van der Waals surface area contributed by atoms with Crippen LogP contribution in [-0.2, 0) is 9.59 Å². The normalized spacial score (nSPS) is 39.4. The molecule has 0 aromatic heterocycles. The summed E-state index contributed by atoms with van der Waals surface area (Å²) in [6.45, 7) is 1.49. The van der Waals surface area contributed by atoms with Crippen LogP contribution in [0.3, 0.4) is 0 Å². The van der Waals surface area contributed by atoms with E-state index in [0.29, 0.717) is 23.1 Å². The van der Waals surface area contributed by atoms with E-state index in [9.17, 15) is 14.4 Å². The second kappa shape index (κ2) is 4.19. The van der Waals surface area contributed by atoms with Crippen LogP contribution in [0.25, 0.3) is 0 Å². The summed E-state index contributed by atoms with van der Waals surface area (Å²) in [7, 11) is 0. The zero-order valence-electron chi connectivity index (χ0n) is 12.8. The highest BCUT2D eigenvalue weighted by atomic mass is 16.2. The largest absolute Gasteiger partial charge is 0.295 e. The Hall–Kier alpha value is -2.23. The van der Waals surface area contributed by atoms with E-state index in [1.807, 2.05) is 0 Å². The van der Waals surface area contributed by atoms with Gasteiger partial charge in [0.25, 0.3) is 0 Å². The molecule has 5 aliphatic rings. The fraction of sp³-hybridized carbons (Fsp3) is 0.421. The predicted molar refractivity (Wildman–Crippen MR) is 83.6 cm³/mol. The maximum Gasteiger partial charge on any atom is 0.238 e. The smallest absolute Gasteiger partial charge is 0.238 e. The molecule has 4 heteroatoms. The summed E-state index contributed by atoms with van der Waals surface area (Å²) >= 11 is 0. The number of allylic oxidation sites excluding steroid dienone is 2. The standard InChI is InChI=1S/C19H17NO3/c1-9(21)10-3-2-4-11(7-10)20-18(22)16-12-5-6-13(15-8-14(12)15)17(16)19(20)23/h2-7,12-17H,8H2,1H3/t12-,13-,14-,15+,16-,17-/m1/s1. The molecule has 3 fully saturated rings. The molecule has 0 spiro atoms. The maximum atomic E-state index is 13.0. The number of carbonyl (C=O) groups excluding carboxylic acids is 3. The van der Waals surface area contributed by atoms with Crippen molar-refractivity contribution < 1.29 is 14.4 Å². The molecule has 2 bridgehead atoms. The third-order valence-corrected chi connectivity index (χ3v) is 6.17. The van der Waals surface area contributed by atoms with Gasteiger partial charge in [0.2, 0.25) is 11.8 Å². The number of amides is 2. The highest BCUT2D eigenvalue weighted by Gasteiger charge is 2.67. The van der Waals surface area contributed by atoms with E-state index in [0.717, 1.165) is 6.42 Å². The molecule has 1 heterocycles. The second-order valence-electron chi connectivity index (χ2n) is 7.27. The molecule has 116 valence electrons. The van der Waals surface area contributed by atoms with E-state index < -0.39 is 0 Å². The summed E-state index contributed by atoms with van der Waals surface area (Å²) in [4.78, 5) is 38.9. The van der Waals surface area contributed by atoms with Crippen molar-refractivity contribution >= 4 is 23.3 Å². The van der Waals surface area contributed by atoms with Crippen LogP contribution in [0.2, 0.25) is 0 Å². The number of rotatable bonds is 2. The molecule has 4 aliphatic carbocycles. The molecule has 0 radical (unpaired) electrons. The van der Waals surface area contributed by atoms with Crippen molar-refractivity contribution in [2.24, 2.45) is 35.5 Å². The topological polar surface area (TPSA) is 54.5 Å². The van der Waals surface area contributed by atoms with Crippen molar-refractivity contribution in [3.63, 3.8) is 0 Å². The van der Waals surface area contributed by atoms with Gasteiger partial charge in [0.1, 0.15) is 0 Å². The zero-order valence-corrected chi connectivity index (χ0v) is 12.8. The quantitative estimate of drug-likeness (QED) is 0.479. The molecule has 2 saturated carbocycles. The van der Waals surface area contributed by atoms with Crippen LogP contribution >= 0.6 is 0 Å². The zero-order chi connectivity index (χ0) is 15.9. The van der Waals surface area contributed by atoms with Crippen molar-refractivity contribution in [1.29, 1.82) is 0 Å². The Morgan fingerprint density at radius 1 is 1.04 bits per heavy atom. The monoisotopic (exact) mass is 307 g/mol. The predicted octanol–water partition coefficient (Wildman–Crippen LogP) is 2.45. The van der Waals surface area contributed by atoms with E-state index in [4.69, 9.17) is 0 Å². The second-order valence-corrected chi connectivity index (χ2v) is 7.27. The minimum atomic E-state index is -0.192. The van der Waals surface area contributed by atoms with Crippen molar-refractivity contribution in [2.45, 2.75) is 13.3 Å². The highest BCUT2D eigenvalue weighted by Crippen LogP contribution is 2.65. The van der Waals surface area contributed by atoms with Crippen LogP contribution in [0.1, 0.15) is 23.7 Å². The molecule has 6 rings (SSSR count). The average molecular weight is 307 g/mol. The Balaban J connectivity index is 1.57. The number of benzene rings is 1. The first kappa shape index (κ1) is 13.2. The number of anilines is 1.